The lowest BCUT2D eigenvalue weighted by Crippen LogP contribution is -2.36. The molecule has 0 aromatic rings. The summed E-state index contributed by atoms with van der Waals surface area (Å²) < 4.78 is 42.3. The van der Waals surface area contributed by atoms with Gasteiger partial charge in [-0.1, -0.05) is 412 Å². The number of hydrogen-bond acceptors (Lipinski definition) is 1. The van der Waals surface area contributed by atoms with Gasteiger partial charge in [0, 0.05) is 0 Å². The number of ether oxygens (including phenoxy) is 1. The van der Waals surface area contributed by atoms with Crippen LogP contribution in [0.15, 0.2) is 11.6 Å². The van der Waals surface area contributed by atoms with Gasteiger partial charge in [-0.05, 0) is 286 Å². The Morgan fingerprint density at radius 1 is 0.353 bits per heavy atom. The standard InChI is InChI=1S/2C11H22.C11H20.2C10H20.C9H17F3.2C9H18.C9H20.C8H18O.C8H18.C7H14/c1-8(2)9-6-10(7-9)11(3,4)5;2*1-9(2)10-5-7-11(3,4)8-6-10;1-7(2)9-5-10(6-9)8(3)4;1-9(2)8-10-6-4-3-5-7-10;1-7(2)5-6-8(3,4)9(10,11)12;1-7(2)8-5-9(3,4)6-8;1-8(2)7-9-5-3-4-6-9;1-8(2)6-7-9(3,4)5;1-7(2)9-6-8(3,4)5;1-7(2)5-6-8(3)4;1-6(2)7-4-3-5-7/h8-10H,6-7H2,1-5H3;9-10H,5-8H2,1-4H3;5,9H,6-8H2,1-4H3;7-10H,5-6H2,1-4H3;9-10H,3-8H2,1-2H3;7H,5-6H2,1-4H3;7-8H,5-6H2,1-4H3;8-9H,3-7H2,1-2H3;8H,6-7H2,1-5H3;7H,6H2,1-5H3;7-8H,5-6H2,1-4H3;6-7H,3-5H2,1-2H3. The first-order chi connectivity index (χ1) is 52.6. The molecule has 7 saturated carbocycles. The van der Waals surface area contributed by atoms with Crippen molar-refractivity contribution in [1.29, 1.82) is 0 Å². The van der Waals surface area contributed by atoms with Gasteiger partial charge in [-0.25, -0.2) is 0 Å². The molecular weight excluding hydrogens is 1420 g/mol. The van der Waals surface area contributed by atoms with Crippen LogP contribution in [0.25, 0.3) is 0 Å². The van der Waals surface area contributed by atoms with Crippen LogP contribution in [0, 0.1) is 168 Å². The lowest BCUT2D eigenvalue weighted by atomic mass is 9.60. The average molecular weight is 1650 g/mol. The Kier molecular flexibility index (Phi) is 64.0. The molecule has 0 N–H and O–H groups in total. The quantitative estimate of drug-likeness (QED) is 0.104. The first kappa shape index (κ1) is 122. The van der Waals surface area contributed by atoms with Gasteiger partial charge in [0.2, 0.25) is 0 Å². The van der Waals surface area contributed by atoms with Crippen LogP contribution in [-0.4, -0.2) is 18.9 Å². The summed E-state index contributed by atoms with van der Waals surface area (Å²) in [5.74, 6) is 20.5. The van der Waals surface area contributed by atoms with Crippen molar-refractivity contribution in [2.75, 3.05) is 6.61 Å². The topological polar surface area (TPSA) is 9.23 Å². The van der Waals surface area contributed by atoms with Crippen LogP contribution in [0.1, 0.15) is 523 Å². The molecular formula is C112H227F3O. The molecule has 116 heavy (non-hydrogen) atoms. The third-order valence-electron chi connectivity index (χ3n) is 27.7. The van der Waals surface area contributed by atoms with E-state index in [4.69, 9.17) is 4.74 Å². The van der Waals surface area contributed by atoms with Gasteiger partial charge >= 0.3 is 6.18 Å². The summed E-state index contributed by atoms with van der Waals surface area (Å²) in [6.07, 6.45) is 44.7. The van der Waals surface area contributed by atoms with Crippen molar-refractivity contribution in [2.24, 2.45) is 168 Å². The van der Waals surface area contributed by atoms with Gasteiger partial charge < -0.3 is 4.74 Å². The van der Waals surface area contributed by atoms with Crippen LogP contribution in [0.2, 0.25) is 0 Å². The van der Waals surface area contributed by atoms with Crippen LogP contribution in [0.4, 0.5) is 13.2 Å². The predicted molar refractivity (Wildman–Crippen MR) is 525 cm³/mol. The van der Waals surface area contributed by atoms with Crippen LogP contribution >= 0.6 is 0 Å². The maximum Gasteiger partial charge on any atom is 0.393 e. The van der Waals surface area contributed by atoms with E-state index in [1.165, 1.54) is 213 Å². The van der Waals surface area contributed by atoms with Gasteiger partial charge in [0.25, 0.3) is 0 Å². The average Bonchev–Trinajstić information content (AvgIpc) is 0.840. The van der Waals surface area contributed by atoms with Gasteiger partial charge in [-0.3, -0.25) is 0 Å². The van der Waals surface area contributed by atoms with E-state index in [2.05, 4.69) is 290 Å². The maximum atomic E-state index is 12.3. The van der Waals surface area contributed by atoms with E-state index in [9.17, 15) is 13.2 Å². The Bertz CT molecular complexity index is 2180. The Labute approximate surface area is 735 Å². The van der Waals surface area contributed by atoms with Crippen LogP contribution < -0.4 is 0 Å². The molecule has 0 atom stereocenters. The molecule has 1 nitrogen and oxygen atoms in total. The van der Waals surface area contributed by atoms with Crippen LogP contribution in [0.5, 0.6) is 0 Å². The predicted octanol–water partition coefficient (Wildman–Crippen LogP) is 40.0. The van der Waals surface area contributed by atoms with E-state index in [1.54, 1.807) is 5.57 Å². The minimum atomic E-state index is -4.07. The fourth-order valence-corrected chi connectivity index (χ4v) is 17.0. The second-order valence-electron chi connectivity index (χ2n) is 51.6. The zero-order valence-electron chi connectivity index (χ0n) is 88.9. The highest BCUT2D eigenvalue weighted by Gasteiger charge is 2.47. The summed E-state index contributed by atoms with van der Waals surface area (Å²) in [7, 11) is 0. The summed E-state index contributed by atoms with van der Waals surface area (Å²) in [6.45, 7) is 102. The molecule has 0 bridgehead atoms. The third-order valence-corrected chi connectivity index (χ3v) is 27.7. The molecule has 0 amide bonds. The summed E-state index contributed by atoms with van der Waals surface area (Å²) in [4.78, 5) is 0. The number of rotatable bonds is 21. The largest absolute Gasteiger partial charge is 0.393 e. The molecule has 8 rings (SSSR count). The Morgan fingerprint density at radius 3 is 0.922 bits per heavy atom. The summed E-state index contributed by atoms with van der Waals surface area (Å²) in [6, 6.07) is 0. The molecule has 0 unspecified atom stereocenters. The van der Waals surface area contributed by atoms with Crippen molar-refractivity contribution in [1.82, 2.24) is 0 Å². The summed E-state index contributed by atoms with van der Waals surface area (Å²) >= 11 is 0. The SMILES string of the molecule is CC(C)C1=CCC(C)(C)CC1.CC(C)C1CC(C(C)(C)C)C1.CC(C)C1CC(C(C)C)C1.CC(C)C1CC(C)(C)C1.CC(C)C1CCC(C)(C)CC1.CC(C)C1CCC1.CC(C)CC1CCCC1.CC(C)CC1CCCCC1.CC(C)CCC(C)(C)C.CC(C)CCC(C)(C)C(F)(F)F.CC(C)CCC(C)C.CC(C)OCC(C)(C)C. The van der Waals surface area contributed by atoms with E-state index in [-0.39, 0.29) is 6.42 Å². The minimum Gasteiger partial charge on any atom is -0.378 e. The maximum absolute atomic E-state index is 12.3. The molecule has 7 fully saturated rings. The van der Waals surface area contributed by atoms with E-state index >= 15 is 0 Å². The monoisotopic (exact) mass is 1650 g/mol. The molecule has 0 spiro atoms. The van der Waals surface area contributed by atoms with Gasteiger partial charge in [-0.15, -0.1) is 0 Å². The smallest absolute Gasteiger partial charge is 0.378 e. The molecule has 0 heterocycles. The molecule has 0 aromatic heterocycles. The molecule has 702 valence electrons. The van der Waals surface area contributed by atoms with Crippen molar-refractivity contribution in [3.8, 4) is 0 Å². The number of alkyl halides is 3. The molecule has 0 aromatic carbocycles. The Balaban J connectivity index is -0.000000591. The molecule has 0 aliphatic heterocycles. The second kappa shape index (κ2) is 61.0. The normalized spacial score (nSPS) is 21.8. The number of hydrogen-bond donors (Lipinski definition) is 0. The zero-order chi connectivity index (χ0) is 91.3. The Hall–Kier alpha value is -0.510. The van der Waals surface area contributed by atoms with E-state index in [0.29, 0.717) is 50.9 Å². The van der Waals surface area contributed by atoms with Crippen molar-refractivity contribution < 1.29 is 17.9 Å². The molecule has 4 heteroatoms. The van der Waals surface area contributed by atoms with Gasteiger partial charge in [-0.2, -0.15) is 13.2 Å². The highest BCUT2D eigenvalue weighted by molar-refractivity contribution is 5.10. The highest BCUT2D eigenvalue weighted by Crippen LogP contribution is 2.50. The van der Waals surface area contributed by atoms with Gasteiger partial charge in [0.15, 0.2) is 0 Å². The van der Waals surface area contributed by atoms with E-state index in [0.717, 1.165) is 131 Å². The van der Waals surface area contributed by atoms with Crippen molar-refractivity contribution >= 4 is 0 Å². The van der Waals surface area contributed by atoms with Crippen LogP contribution in [-0.2, 0) is 4.74 Å². The summed E-state index contributed by atoms with van der Waals surface area (Å²) in [5.41, 5.74) is 3.43. The lowest BCUT2D eigenvalue weighted by molar-refractivity contribution is -0.214. The molecule has 8 aliphatic rings. The van der Waals surface area contributed by atoms with E-state index in [1.807, 2.05) is 13.8 Å². The van der Waals surface area contributed by atoms with Crippen LogP contribution in [0.3, 0.4) is 0 Å². The molecule has 0 radical (unpaired) electrons. The third kappa shape index (κ3) is 68.8. The van der Waals surface area contributed by atoms with Gasteiger partial charge in [0.05, 0.1) is 18.1 Å². The lowest BCUT2D eigenvalue weighted by Gasteiger charge is -2.45. The van der Waals surface area contributed by atoms with Crippen molar-refractivity contribution in [3.63, 3.8) is 0 Å². The fourth-order valence-electron chi connectivity index (χ4n) is 17.0. The Morgan fingerprint density at radius 2 is 0.698 bits per heavy atom. The van der Waals surface area contributed by atoms with E-state index < -0.39 is 11.6 Å². The first-order valence-corrected chi connectivity index (χ1v) is 50.9. The highest BCUT2D eigenvalue weighted by atomic mass is 19.4. The van der Waals surface area contributed by atoms with Crippen molar-refractivity contribution in [3.05, 3.63) is 11.6 Å². The molecule has 0 saturated heterocycles. The fraction of sp³-hybridized carbons (Fsp3) is 0.982. The molecule has 8 aliphatic carbocycles. The van der Waals surface area contributed by atoms with Crippen molar-refractivity contribution in [2.45, 2.75) is 536 Å². The summed E-state index contributed by atoms with van der Waals surface area (Å²) in [5, 5.41) is 0. The second-order valence-corrected chi connectivity index (χ2v) is 51.6. The zero-order valence-corrected chi connectivity index (χ0v) is 88.9. The number of halogens is 3. The van der Waals surface area contributed by atoms with Gasteiger partial charge in [0.1, 0.15) is 0 Å². The minimum absolute atomic E-state index is 0.216. The first-order valence-electron chi connectivity index (χ1n) is 50.9. The number of allylic oxidation sites excluding steroid dienone is 2.